The fourth-order valence-electron chi connectivity index (χ4n) is 1.56. The van der Waals surface area contributed by atoms with Crippen molar-refractivity contribution in [1.82, 2.24) is 0 Å². The number of anilines is 1. The molecule has 0 N–H and O–H groups in total. The maximum Gasteiger partial charge on any atom is 0.290 e. The molecule has 86 valence electrons. The van der Waals surface area contributed by atoms with Gasteiger partial charge in [-0.2, -0.15) is 0 Å². The lowest BCUT2D eigenvalue weighted by molar-refractivity contribution is -0.129. The van der Waals surface area contributed by atoms with Crippen LogP contribution in [-0.4, -0.2) is 26.4 Å². The first-order valence-corrected chi connectivity index (χ1v) is 4.90. The van der Waals surface area contributed by atoms with Crippen molar-refractivity contribution in [2.75, 3.05) is 19.1 Å². The van der Waals surface area contributed by atoms with E-state index in [2.05, 4.69) is 0 Å². The Hall–Kier alpha value is -1.84. The summed E-state index contributed by atoms with van der Waals surface area (Å²) in [6.45, 7) is 3.80. The van der Waals surface area contributed by atoms with Gasteiger partial charge >= 0.3 is 0 Å². The summed E-state index contributed by atoms with van der Waals surface area (Å²) < 4.78 is 5.17. The van der Waals surface area contributed by atoms with Gasteiger partial charge in [0.2, 0.25) is 6.29 Å². The molecule has 0 fully saturated rings. The van der Waals surface area contributed by atoms with E-state index in [1.807, 2.05) is 13.8 Å². The molecule has 1 aromatic rings. The number of nitrogens with zero attached hydrogens (tertiary/aromatic N) is 1. The zero-order valence-electron chi connectivity index (χ0n) is 9.90. The van der Waals surface area contributed by atoms with Crippen LogP contribution in [0.2, 0.25) is 0 Å². The van der Waals surface area contributed by atoms with Crippen molar-refractivity contribution in [2.24, 2.45) is 0 Å². The topological polar surface area (TPSA) is 46.6 Å². The number of carbonyl (C=O) groups is 2. The van der Waals surface area contributed by atoms with Crippen molar-refractivity contribution >= 4 is 17.9 Å². The molecule has 0 aliphatic heterocycles. The van der Waals surface area contributed by atoms with Crippen LogP contribution in [-0.2, 0) is 9.59 Å². The fraction of sp³-hybridized carbons (Fsp3) is 0.333. The van der Waals surface area contributed by atoms with E-state index in [1.54, 1.807) is 26.3 Å². The first-order valence-electron chi connectivity index (χ1n) is 4.90. The predicted molar refractivity (Wildman–Crippen MR) is 61.9 cm³/mol. The van der Waals surface area contributed by atoms with Crippen LogP contribution in [0.15, 0.2) is 12.1 Å². The van der Waals surface area contributed by atoms with Crippen molar-refractivity contribution in [3.63, 3.8) is 0 Å². The molecule has 4 nitrogen and oxygen atoms in total. The highest BCUT2D eigenvalue weighted by molar-refractivity contribution is 6.30. The summed E-state index contributed by atoms with van der Waals surface area (Å²) in [7, 11) is 3.17. The molecule has 0 heterocycles. The predicted octanol–water partition coefficient (Wildman–Crippen LogP) is 1.47. The minimum absolute atomic E-state index is 0.305. The molecule has 0 spiro atoms. The molecule has 0 saturated carbocycles. The zero-order valence-corrected chi connectivity index (χ0v) is 9.90. The van der Waals surface area contributed by atoms with Crippen LogP contribution >= 0.6 is 0 Å². The number of amides is 1. The van der Waals surface area contributed by atoms with Crippen molar-refractivity contribution in [2.45, 2.75) is 13.8 Å². The molecule has 0 unspecified atom stereocenters. The van der Waals surface area contributed by atoms with E-state index in [0.717, 1.165) is 22.6 Å². The minimum Gasteiger partial charge on any atom is -0.496 e. The Balaban J connectivity index is 3.21. The molecule has 0 bridgehead atoms. The lowest BCUT2D eigenvalue weighted by Crippen LogP contribution is -2.27. The second-order valence-electron chi connectivity index (χ2n) is 3.55. The highest BCUT2D eigenvalue weighted by Crippen LogP contribution is 2.29. The maximum atomic E-state index is 11.3. The molecule has 0 saturated heterocycles. The van der Waals surface area contributed by atoms with Gasteiger partial charge in [-0.25, -0.2) is 0 Å². The van der Waals surface area contributed by atoms with Crippen LogP contribution in [0.5, 0.6) is 5.75 Å². The maximum absolute atomic E-state index is 11.3. The third kappa shape index (κ3) is 2.05. The number of benzene rings is 1. The second kappa shape index (κ2) is 4.79. The molecule has 0 aliphatic carbocycles. The van der Waals surface area contributed by atoms with E-state index < -0.39 is 5.91 Å². The number of likely N-dealkylation sites (N-methyl/N-ethyl adjacent to an activating group) is 1. The Morgan fingerprint density at radius 1 is 1.31 bits per heavy atom. The largest absolute Gasteiger partial charge is 0.496 e. The third-order valence-corrected chi connectivity index (χ3v) is 2.72. The van der Waals surface area contributed by atoms with Gasteiger partial charge in [-0.15, -0.1) is 0 Å². The van der Waals surface area contributed by atoms with Crippen LogP contribution in [0.3, 0.4) is 0 Å². The summed E-state index contributed by atoms with van der Waals surface area (Å²) in [4.78, 5) is 23.0. The van der Waals surface area contributed by atoms with Gasteiger partial charge in [-0.3, -0.25) is 9.59 Å². The normalized spacial score (nSPS) is 9.75. The van der Waals surface area contributed by atoms with Crippen LogP contribution < -0.4 is 9.64 Å². The van der Waals surface area contributed by atoms with Crippen LogP contribution in [0.1, 0.15) is 11.1 Å². The third-order valence-electron chi connectivity index (χ3n) is 2.72. The lowest BCUT2D eigenvalue weighted by atomic mass is 10.1. The van der Waals surface area contributed by atoms with Crippen molar-refractivity contribution in [1.29, 1.82) is 0 Å². The fourth-order valence-corrected chi connectivity index (χ4v) is 1.56. The minimum atomic E-state index is -0.562. The van der Waals surface area contributed by atoms with Crippen molar-refractivity contribution in [3.8, 4) is 5.75 Å². The Morgan fingerprint density at radius 3 is 2.44 bits per heavy atom. The summed E-state index contributed by atoms with van der Waals surface area (Å²) in [5, 5.41) is 0. The van der Waals surface area contributed by atoms with Crippen molar-refractivity contribution < 1.29 is 14.3 Å². The van der Waals surface area contributed by atoms with Gasteiger partial charge in [-0.1, -0.05) is 0 Å². The van der Waals surface area contributed by atoms with Crippen LogP contribution in [0, 0.1) is 13.8 Å². The SMILES string of the molecule is COc1ccc(N(C)C(=O)C=O)c(C)c1C. The number of aldehydes is 1. The zero-order chi connectivity index (χ0) is 12.3. The highest BCUT2D eigenvalue weighted by atomic mass is 16.5. The lowest BCUT2D eigenvalue weighted by Gasteiger charge is -2.19. The van der Waals surface area contributed by atoms with E-state index in [9.17, 15) is 9.59 Å². The van der Waals surface area contributed by atoms with Crippen molar-refractivity contribution in [3.05, 3.63) is 23.3 Å². The van der Waals surface area contributed by atoms with E-state index in [0.29, 0.717) is 6.29 Å². The quantitative estimate of drug-likeness (QED) is 0.573. The molecule has 1 amide bonds. The molecule has 0 atom stereocenters. The Bertz CT molecular complexity index is 427. The average Bonchev–Trinajstić information content (AvgIpc) is 2.30. The molecule has 1 rings (SSSR count). The van der Waals surface area contributed by atoms with Gasteiger partial charge in [0.15, 0.2) is 0 Å². The number of ether oxygens (including phenoxy) is 1. The smallest absolute Gasteiger partial charge is 0.290 e. The summed E-state index contributed by atoms with van der Waals surface area (Å²) in [6.07, 6.45) is 0.305. The molecular formula is C12H15NO3. The molecular weight excluding hydrogens is 206 g/mol. The van der Waals surface area contributed by atoms with Gasteiger partial charge in [0.25, 0.3) is 5.91 Å². The Kier molecular flexibility index (Phi) is 3.66. The first kappa shape index (κ1) is 12.2. The second-order valence-corrected chi connectivity index (χ2v) is 3.55. The molecule has 4 heteroatoms. The standard InChI is InChI=1S/C12H15NO3/c1-8-9(2)11(16-4)6-5-10(8)13(3)12(15)7-14/h5-7H,1-4H3. The summed E-state index contributed by atoms with van der Waals surface area (Å²) >= 11 is 0. The first-order chi connectivity index (χ1) is 7.52. The number of carbonyl (C=O) groups excluding carboxylic acids is 2. The number of hydrogen-bond acceptors (Lipinski definition) is 3. The Morgan fingerprint density at radius 2 is 1.94 bits per heavy atom. The summed E-state index contributed by atoms with van der Waals surface area (Å²) in [5.74, 6) is 0.209. The molecule has 0 aliphatic rings. The van der Waals surface area contributed by atoms with Gasteiger partial charge in [0.05, 0.1) is 7.11 Å². The highest BCUT2D eigenvalue weighted by Gasteiger charge is 2.14. The van der Waals surface area contributed by atoms with Gasteiger partial charge in [0, 0.05) is 12.7 Å². The van der Waals surface area contributed by atoms with Crippen LogP contribution in [0.25, 0.3) is 0 Å². The molecule has 16 heavy (non-hydrogen) atoms. The van der Waals surface area contributed by atoms with Crippen LogP contribution in [0.4, 0.5) is 5.69 Å². The molecule has 0 radical (unpaired) electrons. The summed E-state index contributed by atoms with van der Waals surface area (Å²) in [6, 6.07) is 3.55. The number of methoxy groups -OCH3 is 1. The molecule has 0 aromatic heterocycles. The number of hydrogen-bond donors (Lipinski definition) is 0. The van der Waals surface area contributed by atoms with Gasteiger partial charge < -0.3 is 9.64 Å². The van der Waals surface area contributed by atoms with E-state index in [4.69, 9.17) is 4.74 Å². The molecule has 1 aromatic carbocycles. The van der Waals surface area contributed by atoms with E-state index in [1.165, 1.54) is 4.90 Å². The van der Waals surface area contributed by atoms with Gasteiger partial charge in [-0.05, 0) is 37.1 Å². The van der Waals surface area contributed by atoms with E-state index in [-0.39, 0.29) is 0 Å². The average molecular weight is 221 g/mol. The summed E-state index contributed by atoms with van der Waals surface area (Å²) in [5.41, 5.74) is 2.61. The van der Waals surface area contributed by atoms with Gasteiger partial charge in [0.1, 0.15) is 5.75 Å². The monoisotopic (exact) mass is 221 g/mol. The van der Waals surface area contributed by atoms with E-state index >= 15 is 0 Å². The number of rotatable bonds is 3. The Labute approximate surface area is 94.8 Å².